The standard InChI is InChI=1S/C18H25N3O2/c1-13-7-5-6-10-16(13)20-18(23)19-14-11-17(22)21(12-14)15-8-3-2-4-9-15/h2-4,8-9,13-14,16H,5-7,10-12H2,1H3,(H2,19,20,23)/t13-,14-,16-/m1/s1. The Morgan fingerprint density at radius 3 is 2.61 bits per heavy atom. The Labute approximate surface area is 137 Å². The molecule has 124 valence electrons. The summed E-state index contributed by atoms with van der Waals surface area (Å²) >= 11 is 0. The summed E-state index contributed by atoms with van der Waals surface area (Å²) in [4.78, 5) is 26.1. The molecule has 5 heteroatoms. The molecule has 2 fully saturated rings. The lowest BCUT2D eigenvalue weighted by Gasteiger charge is -2.30. The van der Waals surface area contributed by atoms with Crippen LogP contribution in [-0.2, 0) is 4.79 Å². The number of para-hydroxylation sites is 1. The van der Waals surface area contributed by atoms with Gasteiger partial charge in [0.05, 0.1) is 6.04 Å². The third-order valence-electron chi connectivity index (χ3n) is 4.96. The van der Waals surface area contributed by atoms with Crippen molar-refractivity contribution in [2.45, 2.75) is 51.1 Å². The topological polar surface area (TPSA) is 61.4 Å². The Morgan fingerprint density at radius 1 is 1.13 bits per heavy atom. The first kappa shape index (κ1) is 15.8. The summed E-state index contributed by atoms with van der Waals surface area (Å²) in [5.41, 5.74) is 0.892. The number of urea groups is 1. The van der Waals surface area contributed by atoms with Gasteiger partial charge >= 0.3 is 6.03 Å². The second-order valence-electron chi connectivity index (χ2n) is 6.73. The van der Waals surface area contributed by atoms with E-state index in [2.05, 4.69) is 17.6 Å². The van der Waals surface area contributed by atoms with Crippen molar-refractivity contribution in [3.63, 3.8) is 0 Å². The second-order valence-corrected chi connectivity index (χ2v) is 6.73. The number of nitrogens with zero attached hydrogens (tertiary/aromatic N) is 1. The zero-order valence-corrected chi connectivity index (χ0v) is 13.6. The maximum Gasteiger partial charge on any atom is 0.315 e. The van der Waals surface area contributed by atoms with Crippen LogP contribution in [0.25, 0.3) is 0 Å². The van der Waals surface area contributed by atoms with Gasteiger partial charge in [0.25, 0.3) is 0 Å². The number of hydrogen-bond donors (Lipinski definition) is 2. The van der Waals surface area contributed by atoms with E-state index in [1.807, 2.05) is 30.3 Å². The van der Waals surface area contributed by atoms with Crippen LogP contribution in [0.2, 0.25) is 0 Å². The molecule has 1 saturated carbocycles. The van der Waals surface area contributed by atoms with E-state index in [1.165, 1.54) is 19.3 Å². The first-order valence-corrected chi connectivity index (χ1v) is 8.56. The van der Waals surface area contributed by atoms with Crippen LogP contribution in [0.4, 0.5) is 10.5 Å². The average Bonchev–Trinajstić information content (AvgIpc) is 2.91. The summed E-state index contributed by atoms with van der Waals surface area (Å²) < 4.78 is 0. The van der Waals surface area contributed by atoms with Crippen LogP contribution in [0.3, 0.4) is 0 Å². The van der Waals surface area contributed by atoms with Crippen LogP contribution in [0.1, 0.15) is 39.0 Å². The quantitative estimate of drug-likeness (QED) is 0.901. The number of amides is 3. The Balaban J connectivity index is 1.53. The number of hydrogen-bond acceptors (Lipinski definition) is 2. The molecule has 5 nitrogen and oxygen atoms in total. The van der Waals surface area contributed by atoms with E-state index < -0.39 is 0 Å². The fraction of sp³-hybridized carbons (Fsp3) is 0.556. The molecule has 0 aromatic heterocycles. The first-order chi connectivity index (χ1) is 11.1. The molecule has 2 N–H and O–H groups in total. The monoisotopic (exact) mass is 315 g/mol. The summed E-state index contributed by atoms with van der Waals surface area (Å²) in [5, 5.41) is 6.05. The number of carbonyl (C=O) groups is 2. The maximum atomic E-state index is 12.2. The van der Waals surface area contributed by atoms with Gasteiger partial charge < -0.3 is 15.5 Å². The Bertz CT molecular complexity index is 561. The van der Waals surface area contributed by atoms with Crippen molar-refractivity contribution in [3.05, 3.63) is 30.3 Å². The lowest BCUT2D eigenvalue weighted by atomic mass is 9.86. The largest absolute Gasteiger partial charge is 0.335 e. The van der Waals surface area contributed by atoms with Gasteiger partial charge in [0.2, 0.25) is 5.91 Å². The molecule has 1 aliphatic carbocycles. The van der Waals surface area contributed by atoms with E-state index in [9.17, 15) is 9.59 Å². The molecule has 1 heterocycles. The van der Waals surface area contributed by atoms with Crippen LogP contribution in [0.15, 0.2) is 30.3 Å². The van der Waals surface area contributed by atoms with Gasteiger partial charge in [0, 0.05) is 24.7 Å². The minimum absolute atomic E-state index is 0.0625. The molecule has 0 radical (unpaired) electrons. The molecule has 0 bridgehead atoms. The van der Waals surface area contributed by atoms with E-state index in [-0.39, 0.29) is 24.0 Å². The van der Waals surface area contributed by atoms with Crippen LogP contribution in [0, 0.1) is 5.92 Å². The number of carbonyl (C=O) groups excluding carboxylic acids is 2. The average molecular weight is 315 g/mol. The Morgan fingerprint density at radius 2 is 1.87 bits per heavy atom. The summed E-state index contributed by atoms with van der Waals surface area (Å²) in [6.07, 6.45) is 5.02. The van der Waals surface area contributed by atoms with Gasteiger partial charge in [-0.2, -0.15) is 0 Å². The fourth-order valence-corrected chi connectivity index (χ4v) is 3.59. The molecule has 1 aromatic rings. The maximum absolute atomic E-state index is 12.2. The first-order valence-electron chi connectivity index (χ1n) is 8.56. The molecule has 23 heavy (non-hydrogen) atoms. The highest BCUT2D eigenvalue weighted by molar-refractivity contribution is 5.96. The third kappa shape index (κ3) is 3.84. The molecule has 0 spiro atoms. The molecule has 1 aliphatic heterocycles. The number of nitrogens with one attached hydrogen (secondary N) is 2. The molecule has 2 aliphatic rings. The van der Waals surface area contributed by atoms with E-state index in [4.69, 9.17) is 0 Å². The molecule has 1 aromatic carbocycles. The Kier molecular flexibility index (Phi) is 4.84. The van der Waals surface area contributed by atoms with Crippen molar-refractivity contribution >= 4 is 17.6 Å². The van der Waals surface area contributed by atoms with Crippen molar-refractivity contribution in [1.29, 1.82) is 0 Å². The van der Waals surface area contributed by atoms with E-state index in [0.29, 0.717) is 18.9 Å². The summed E-state index contributed by atoms with van der Waals surface area (Å²) in [6, 6.07) is 9.59. The minimum atomic E-state index is -0.142. The zero-order chi connectivity index (χ0) is 16.2. The minimum Gasteiger partial charge on any atom is -0.335 e. The predicted octanol–water partition coefficient (Wildman–Crippen LogP) is 2.67. The van der Waals surface area contributed by atoms with Crippen molar-refractivity contribution in [2.24, 2.45) is 5.92 Å². The highest BCUT2D eigenvalue weighted by Gasteiger charge is 2.32. The van der Waals surface area contributed by atoms with Gasteiger partial charge in [0.1, 0.15) is 0 Å². The molecule has 0 unspecified atom stereocenters. The number of benzene rings is 1. The molecule has 1 saturated heterocycles. The van der Waals surface area contributed by atoms with Crippen LogP contribution in [0.5, 0.6) is 0 Å². The van der Waals surface area contributed by atoms with Crippen molar-refractivity contribution in [1.82, 2.24) is 10.6 Å². The van der Waals surface area contributed by atoms with Crippen LogP contribution < -0.4 is 15.5 Å². The smallest absolute Gasteiger partial charge is 0.315 e. The van der Waals surface area contributed by atoms with E-state index in [1.54, 1.807) is 4.90 Å². The summed E-state index contributed by atoms with van der Waals surface area (Å²) in [7, 11) is 0. The SMILES string of the molecule is C[C@@H]1CCCC[C@H]1NC(=O)N[C@@H]1CC(=O)N(c2ccccc2)C1. The van der Waals surface area contributed by atoms with Crippen molar-refractivity contribution in [3.8, 4) is 0 Å². The van der Waals surface area contributed by atoms with Gasteiger partial charge in [-0.05, 0) is 30.9 Å². The van der Waals surface area contributed by atoms with E-state index >= 15 is 0 Å². The van der Waals surface area contributed by atoms with Gasteiger partial charge in [-0.3, -0.25) is 4.79 Å². The third-order valence-corrected chi connectivity index (χ3v) is 4.96. The highest BCUT2D eigenvalue weighted by Crippen LogP contribution is 2.24. The van der Waals surface area contributed by atoms with Crippen molar-refractivity contribution < 1.29 is 9.59 Å². The van der Waals surface area contributed by atoms with Gasteiger partial charge in [0.15, 0.2) is 0 Å². The number of anilines is 1. The number of rotatable bonds is 3. The van der Waals surface area contributed by atoms with Crippen molar-refractivity contribution in [2.75, 3.05) is 11.4 Å². The zero-order valence-electron chi connectivity index (χ0n) is 13.6. The molecule has 3 rings (SSSR count). The molecule has 3 atom stereocenters. The lowest BCUT2D eigenvalue weighted by molar-refractivity contribution is -0.117. The fourth-order valence-electron chi connectivity index (χ4n) is 3.59. The summed E-state index contributed by atoms with van der Waals surface area (Å²) in [5.74, 6) is 0.591. The van der Waals surface area contributed by atoms with Crippen LogP contribution in [-0.4, -0.2) is 30.6 Å². The Hall–Kier alpha value is -2.04. The molecular weight excluding hydrogens is 290 g/mol. The van der Waals surface area contributed by atoms with Crippen LogP contribution >= 0.6 is 0 Å². The highest BCUT2D eigenvalue weighted by atomic mass is 16.2. The second kappa shape index (κ2) is 7.02. The van der Waals surface area contributed by atoms with Gasteiger partial charge in [-0.15, -0.1) is 0 Å². The molecule has 3 amide bonds. The summed E-state index contributed by atoms with van der Waals surface area (Å²) in [6.45, 7) is 2.73. The van der Waals surface area contributed by atoms with Gasteiger partial charge in [-0.25, -0.2) is 4.79 Å². The lowest BCUT2D eigenvalue weighted by Crippen LogP contribution is -2.49. The van der Waals surface area contributed by atoms with Gasteiger partial charge in [-0.1, -0.05) is 38.0 Å². The van der Waals surface area contributed by atoms with E-state index in [0.717, 1.165) is 12.1 Å². The molecular formula is C18H25N3O2. The normalized spacial score (nSPS) is 27.8. The predicted molar refractivity (Wildman–Crippen MR) is 90.3 cm³/mol.